The van der Waals surface area contributed by atoms with Crippen molar-refractivity contribution in [2.75, 3.05) is 20.6 Å². The van der Waals surface area contributed by atoms with Crippen LogP contribution in [0.5, 0.6) is 0 Å². The van der Waals surface area contributed by atoms with Crippen molar-refractivity contribution in [3.63, 3.8) is 0 Å². The number of nitrogens with zero attached hydrogens (tertiary/aromatic N) is 2. The number of amides is 1. The second-order valence-corrected chi connectivity index (χ2v) is 6.61. The van der Waals surface area contributed by atoms with E-state index >= 15 is 0 Å². The van der Waals surface area contributed by atoms with Crippen LogP contribution in [0.3, 0.4) is 0 Å². The number of rotatable bonds is 5. The second kappa shape index (κ2) is 10.6. The minimum atomic E-state index is -0.608. The molecule has 0 aliphatic heterocycles. The first kappa shape index (κ1) is 22.6. The van der Waals surface area contributed by atoms with Crippen molar-refractivity contribution in [3.8, 4) is 0 Å². The van der Waals surface area contributed by atoms with Crippen molar-refractivity contribution >= 4 is 35.8 Å². The highest BCUT2D eigenvalue weighted by atomic mass is 127. The molecule has 2 N–H and O–H groups in total. The van der Waals surface area contributed by atoms with Crippen molar-refractivity contribution in [3.05, 3.63) is 35.4 Å². The number of hydrogen-bond donors (Lipinski definition) is 2. The highest BCUT2D eigenvalue weighted by Gasteiger charge is 2.19. The lowest BCUT2D eigenvalue weighted by Crippen LogP contribution is -2.44. The Kier molecular flexibility index (Phi) is 9.24. The van der Waals surface area contributed by atoms with E-state index in [1.807, 2.05) is 0 Å². The monoisotopic (exact) mass is 480 g/mol. The van der Waals surface area contributed by atoms with Gasteiger partial charge in [0.1, 0.15) is 18.2 Å². The topological polar surface area (TPSA) is 56.7 Å². The fourth-order valence-electron chi connectivity index (χ4n) is 2.82. The highest BCUT2D eigenvalue weighted by Crippen LogP contribution is 2.19. The normalized spacial score (nSPS) is 16.0. The molecular formula is C18H27F2IN4O. The van der Waals surface area contributed by atoms with Gasteiger partial charge in [-0.2, -0.15) is 0 Å². The molecule has 0 spiro atoms. The molecule has 1 unspecified atom stereocenters. The molecule has 1 saturated carbocycles. The van der Waals surface area contributed by atoms with Crippen molar-refractivity contribution in [1.82, 2.24) is 15.5 Å². The Morgan fingerprint density at radius 3 is 2.54 bits per heavy atom. The lowest BCUT2D eigenvalue weighted by molar-refractivity contribution is -0.127. The molecule has 8 heteroatoms. The molecule has 2 rings (SSSR count). The summed E-state index contributed by atoms with van der Waals surface area (Å²) in [5.41, 5.74) is 0.348. The van der Waals surface area contributed by atoms with E-state index in [1.54, 1.807) is 21.0 Å². The van der Waals surface area contributed by atoms with Gasteiger partial charge in [-0.25, -0.2) is 13.8 Å². The number of guanidine groups is 1. The molecule has 1 aliphatic carbocycles. The maximum Gasteiger partial charge on any atom is 0.243 e. The second-order valence-electron chi connectivity index (χ2n) is 6.61. The van der Waals surface area contributed by atoms with Gasteiger partial charge in [0.25, 0.3) is 0 Å². The molecule has 0 aromatic heterocycles. The summed E-state index contributed by atoms with van der Waals surface area (Å²) in [5, 5.41) is 6.43. The summed E-state index contributed by atoms with van der Waals surface area (Å²) in [4.78, 5) is 17.6. The Balaban J connectivity index is 0.00000338. The molecule has 0 heterocycles. The minimum absolute atomic E-state index is 0. The minimum Gasteiger partial charge on any atom is -0.354 e. The van der Waals surface area contributed by atoms with Gasteiger partial charge in [-0.3, -0.25) is 4.79 Å². The Hall–Kier alpha value is -1.45. The zero-order valence-corrected chi connectivity index (χ0v) is 17.7. The zero-order chi connectivity index (χ0) is 18.4. The van der Waals surface area contributed by atoms with E-state index in [2.05, 4.69) is 15.6 Å². The van der Waals surface area contributed by atoms with Crippen LogP contribution < -0.4 is 10.6 Å². The first-order valence-corrected chi connectivity index (χ1v) is 8.59. The molecule has 1 aromatic carbocycles. The predicted molar refractivity (Wildman–Crippen MR) is 110 cm³/mol. The smallest absolute Gasteiger partial charge is 0.243 e. The van der Waals surface area contributed by atoms with E-state index in [0.717, 1.165) is 31.7 Å². The summed E-state index contributed by atoms with van der Waals surface area (Å²) in [6, 6.07) is 3.40. The summed E-state index contributed by atoms with van der Waals surface area (Å²) in [5.74, 6) is -0.862. The number of carbonyl (C=O) groups is 1. The molecule has 1 aromatic rings. The van der Waals surface area contributed by atoms with Gasteiger partial charge in [-0.1, -0.05) is 18.9 Å². The molecule has 5 nitrogen and oxygen atoms in total. The van der Waals surface area contributed by atoms with Crippen LogP contribution in [0.4, 0.5) is 8.78 Å². The van der Waals surface area contributed by atoms with E-state index in [9.17, 15) is 13.6 Å². The molecule has 1 atom stereocenters. The zero-order valence-electron chi connectivity index (χ0n) is 15.4. The van der Waals surface area contributed by atoms with Crippen LogP contribution in [0.25, 0.3) is 0 Å². The summed E-state index contributed by atoms with van der Waals surface area (Å²) < 4.78 is 27.1. The van der Waals surface area contributed by atoms with Gasteiger partial charge in [0.05, 0.1) is 6.04 Å². The van der Waals surface area contributed by atoms with E-state index < -0.39 is 17.7 Å². The van der Waals surface area contributed by atoms with Gasteiger partial charge in [0.15, 0.2) is 5.96 Å². The maximum absolute atomic E-state index is 14.0. The van der Waals surface area contributed by atoms with Gasteiger partial charge in [0, 0.05) is 31.8 Å². The van der Waals surface area contributed by atoms with Crippen molar-refractivity contribution in [1.29, 1.82) is 0 Å². The number of aliphatic imine (C=N–C) groups is 1. The molecule has 0 radical (unpaired) electrons. The standard InChI is InChI=1S/C18H26F2N4O.HI/c1-12(15-9-8-13(19)10-16(15)20)22-18(21-11-17(25)24(2)3)23-14-6-4-5-7-14;/h8-10,12,14H,4-7,11H2,1-3H3,(H2,21,22,23);1H. The summed E-state index contributed by atoms with van der Waals surface area (Å²) in [6.45, 7) is 1.78. The molecule has 1 aliphatic rings. The Morgan fingerprint density at radius 2 is 1.96 bits per heavy atom. The maximum atomic E-state index is 14.0. The Bertz CT molecular complexity index is 634. The third kappa shape index (κ3) is 6.69. The van der Waals surface area contributed by atoms with E-state index in [4.69, 9.17) is 0 Å². The largest absolute Gasteiger partial charge is 0.354 e. The summed E-state index contributed by atoms with van der Waals surface area (Å²) >= 11 is 0. The molecule has 1 amide bonds. The number of halogens is 3. The molecular weight excluding hydrogens is 453 g/mol. The van der Waals surface area contributed by atoms with Crippen LogP contribution in [0.15, 0.2) is 23.2 Å². The van der Waals surface area contributed by atoms with Gasteiger partial charge >= 0.3 is 0 Å². The predicted octanol–water partition coefficient (Wildman–Crippen LogP) is 3.21. The first-order valence-electron chi connectivity index (χ1n) is 8.59. The van der Waals surface area contributed by atoms with E-state index in [0.29, 0.717) is 17.6 Å². The molecule has 1 fully saturated rings. The van der Waals surface area contributed by atoms with Gasteiger partial charge in [-0.15, -0.1) is 24.0 Å². The van der Waals surface area contributed by atoms with Crippen LogP contribution in [0.1, 0.15) is 44.2 Å². The molecule has 146 valence electrons. The van der Waals surface area contributed by atoms with Crippen molar-refractivity contribution < 1.29 is 13.6 Å². The Morgan fingerprint density at radius 1 is 1.31 bits per heavy atom. The number of carbonyl (C=O) groups excluding carboxylic acids is 1. The molecule has 0 saturated heterocycles. The summed E-state index contributed by atoms with van der Waals surface area (Å²) in [7, 11) is 3.34. The SMILES string of the molecule is CC(NC(=NCC(=O)N(C)C)NC1CCCC1)c1ccc(F)cc1F.I. The van der Waals surface area contributed by atoms with Crippen LogP contribution in [0.2, 0.25) is 0 Å². The number of benzene rings is 1. The van der Waals surface area contributed by atoms with Gasteiger partial charge < -0.3 is 15.5 Å². The summed E-state index contributed by atoms with van der Waals surface area (Å²) in [6.07, 6.45) is 4.40. The molecule has 0 bridgehead atoms. The highest BCUT2D eigenvalue weighted by molar-refractivity contribution is 14.0. The van der Waals surface area contributed by atoms with Gasteiger partial charge in [0.2, 0.25) is 5.91 Å². The van der Waals surface area contributed by atoms with Gasteiger partial charge in [-0.05, 0) is 25.8 Å². The van der Waals surface area contributed by atoms with Crippen LogP contribution >= 0.6 is 24.0 Å². The van der Waals surface area contributed by atoms with E-state index in [-0.39, 0.29) is 36.4 Å². The third-order valence-corrected chi connectivity index (χ3v) is 4.35. The number of likely N-dealkylation sites (N-methyl/N-ethyl adjacent to an activating group) is 1. The van der Waals surface area contributed by atoms with Crippen LogP contribution in [-0.4, -0.2) is 43.4 Å². The average molecular weight is 480 g/mol. The fraction of sp³-hybridized carbons (Fsp3) is 0.556. The lowest BCUT2D eigenvalue weighted by atomic mass is 10.1. The fourth-order valence-corrected chi connectivity index (χ4v) is 2.82. The number of hydrogen-bond acceptors (Lipinski definition) is 2. The molecule has 26 heavy (non-hydrogen) atoms. The number of nitrogens with one attached hydrogen (secondary N) is 2. The van der Waals surface area contributed by atoms with Crippen LogP contribution in [0, 0.1) is 11.6 Å². The lowest BCUT2D eigenvalue weighted by Gasteiger charge is -2.22. The van der Waals surface area contributed by atoms with E-state index in [1.165, 1.54) is 17.0 Å². The average Bonchev–Trinajstić information content (AvgIpc) is 3.04. The van der Waals surface area contributed by atoms with Crippen molar-refractivity contribution in [2.24, 2.45) is 4.99 Å². The van der Waals surface area contributed by atoms with Crippen molar-refractivity contribution in [2.45, 2.75) is 44.7 Å². The first-order chi connectivity index (χ1) is 11.9. The quantitative estimate of drug-likeness (QED) is 0.387. The third-order valence-electron chi connectivity index (χ3n) is 4.35. The van der Waals surface area contributed by atoms with Crippen LogP contribution in [-0.2, 0) is 4.79 Å². The Labute approximate surface area is 170 Å².